The molecular weight excluding hydrogens is 202 g/mol. The second-order valence-electron chi connectivity index (χ2n) is 3.95. The normalized spacial score (nSPS) is 12.6. The molecule has 4 heteroatoms. The molecule has 0 radical (unpaired) electrons. The van der Waals surface area contributed by atoms with Crippen LogP contribution in [0.1, 0.15) is 30.6 Å². The van der Waals surface area contributed by atoms with E-state index in [-0.39, 0.29) is 11.9 Å². The fourth-order valence-electron chi connectivity index (χ4n) is 1.49. The van der Waals surface area contributed by atoms with Crippen molar-refractivity contribution in [1.82, 2.24) is 15.5 Å². The summed E-state index contributed by atoms with van der Waals surface area (Å²) in [6.07, 6.45) is 2.67. The van der Waals surface area contributed by atoms with Gasteiger partial charge in [0.15, 0.2) is 0 Å². The summed E-state index contributed by atoms with van der Waals surface area (Å²) in [4.78, 5) is 11.8. The monoisotopic (exact) mass is 217 g/mol. The fourth-order valence-corrected chi connectivity index (χ4v) is 1.49. The molecule has 0 aliphatic heterocycles. The summed E-state index contributed by atoms with van der Waals surface area (Å²) in [6, 6.07) is 5.73. The predicted molar refractivity (Wildman–Crippen MR) is 63.3 cm³/mol. The molecule has 4 nitrogen and oxygen atoms in total. The van der Waals surface area contributed by atoms with Crippen molar-refractivity contribution in [2.45, 2.75) is 26.3 Å². The van der Waals surface area contributed by atoms with Crippen LogP contribution in [0.3, 0.4) is 0 Å². The van der Waals surface area contributed by atoms with Crippen LogP contribution in [0.5, 0.6) is 0 Å². The van der Waals surface area contributed by atoms with Crippen LogP contribution < -0.4 is 5.32 Å². The van der Waals surface area contributed by atoms with Crippen molar-refractivity contribution in [3.63, 3.8) is 0 Å². The smallest absolute Gasteiger partial charge is 0.251 e. The first-order valence-corrected chi connectivity index (χ1v) is 5.44. The molecular formula is C12H15N3O. The second kappa shape index (κ2) is 4.35. The molecule has 1 heterocycles. The molecule has 0 bridgehead atoms. The van der Waals surface area contributed by atoms with Gasteiger partial charge in [0.05, 0.1) is 11.7 Å². The number of nitrogens with zero attached hydrogens (tertiary/aromatic N) is 1. The lowest BCUT2D eigenvalue weighted by Crippen LogP contribution is -2.31. The van der Waals surface area contributed by atoms with E-state index in [1.165, 1.54) is 0 Å². The summed E-state index contributed by atoms with van der Waals surface area (Å²) in [5.74, 6) is -0.0362. The van der Waals surface area contributed by atoms with E-state index >= 15 is 0 Å². The van der Waals surface area contributed by atoms with E-state index in [9.17, 15) is 4.79 Å². The van der Waals surface area contributed by atoms with Crippen LogP contribution in [0, 0.1) is 0 Å². The number of hydrogen-bond donors (Lipinski definition) is 2. The third-order valence-corrected chi connectivity index (χ3v) is 2.69. The van der Waals surface area contributed by atoms with Crippen LogP contribution in [0.2, 0.25) is 0 Å². The number of amides is 1. The van der Waals surface area contributed by atoms with Gasteiger partial charge >= 0.3 is 0 Å². The number of fused-ring (bicyclic) bond motifs is 1. The Labute approximate surface area is 94.0 Å². The molecule has 1 atom stereocenters. The average Bonchev–Trinajstić information content (AvgIpc) is 2.75. The van der Waals surface area contributed by atoms with Gasteiger partial charge in [-0.2, -0.15) is 5.10 Å². The highest BCUT2D eigenvalue weighted by Gasteiger charge is 2.09. The highest BCUT2D eigenvalue weighted by Crippen LogP contribution is 2.12. The van der Waals surface area contributed by atoms with E-state index in [1.807, 2.05) is 32.0 Å². The van der Waals surface area contributed by atoms with Gasteiger partial charge in [0, 0.05) is 17.0 Å². The van der Waals surface area contributed by atoms with E-state index < -0.39 is 0 Å². The molecule has 84 valence electrons. The van der Waals surface area contributed by atoms with E-state index in [0.717, 1.165) is 17.3 Å². The maximum Gasteiger partial charge on any atom is 0.251 e. The Morgan fingerprint density at radius 3 is 3.12 bits per heavy atom. The van der Waals surface area contributed by atoms with Gasteiger partial charge in [-0.3, -0.25) is 9.89 Å². The molecule has 2 aromatic rings. The van der Waals surface area contributed by atoms with Crippen LogP contribution in [0.4, 0.5) is 0 Å². The number of hydrogen-bond acceptors (Lipinski definition) is 2. The van der Waals surface area contributed by atoms with Crippen LogP contribution in [0.15, 0.2) is 24.4 Å². The summed E-state index contributed by atoms with van der Waals surface area (Å²) < 4.78 is 0. The quantitative estimate of drug-likeness (QED) is 0.827. The Morgan fingerprint density at radius 1 is 1.56 bits per heavy atom. The summed E-state index contributed by atoms with van der Waals surface area (Å²) >= 11 is 0. The average molecular weight is 217 g/mol. The summed E-state index contributed by atoms with van der Waals surface area (Å²) in [7, 11) is 0. The Bertz CT molecular complexity index is 504. The molecule has 1 aromatic heterocycles. The molecule has 0 aliphatic carbocycles. The predicted octanol–water partition coefficient (Wildman–Crippen LogP) is 2.09. The van der Waals surface area contributed by atoms with E-state index in [2.05, 4.69) is 15.5 Å². The molecule has 0 saturated heterocycles. The van der Waals surface area contributed by atoms with Crippen LogP contribution in [-0.2, 0) is 0 Å². The van der Waals surface area contributed by atoms with Gasteiger partial charge in [-0.05, 0) is 25.5 Å². The standard InChI is InChI=1S/C12H15N3O/c1-3-8(2)14-12(16)9-4-5-10-7-13-15-11(10)6-9/h4-8H,3H2,1-2H3,(H,13,15)(H,14,16)/t8-/m1/s1. The van der Waals surface area contributed by atoms with Crippen molar-refractivity contribution in [2.75, 3.05) is 0 Å². The van der Waals surface area contributed by atoms with Crippen molar-refractivity contribution in [3.05, 3.63) is 30.0 Å². The summed E-state index contributed by atoms with van der Waals surface area (Å²) in [5.41, 5.74) is 1.55. The maximum absolute atomic E-state index is 11.8. The van der Waals surface area contributed by atoms with Gasteiger partial charge in [0.1, 0.15) is 0 Å². The molecule has 2 rings (SSSR count). The van der Waals surface area contributed by atoms with Crippen molar-refractivity contribution < 1.29 is 4.79 Å². The van der Waals surface area contributed by atoms with Crippen molar-refractivity contribution in [2.24, 2.45) is 0 Å². The van der Waals surface area contributed by atoms with Crippen molar-refractivity contribution >= 4 is 16.8 Å². The number of nitrogens with one attached hydrogen (secondary N) is 2. The lowest BCUT2D eigenvalue weighted by Gasteiger charge is -2.11. The van der Waals surface area contributed by atoms with Gasteiger partial charge in [-0.25, -0.2) is 0 Å². The first-order valence-electron chi connectivity index (χ1n) is 5.44. The SMILES string of the molecule is CC[C@@H](C)NC(=O)c1ccc2cn[nH]c2c1. The summed E-state index contributed by atoms with van der Waals surface area (Å²) in [5, 5.41) is 10.7. The number of carbonyl (C=O) groups is 1. The number of rotatable bonds is 3. The number of H-pyrrole nitrogens is 1. The fraction of sp³-hybridized carbons (Fsp3) is 0.333. The highest BCUT2D eigenvalue weighted by molar-refractivity contribution is 5.97. The minimum Gasteiger partial charge on any atom is -0.350 e. The van der Waals surface area contributed by atoms with E-state index in [1.54, 1.807) is 6.20 Å². The zero-order valence-electron chi connectivity index (χ0n) is 9.45. The Balaban J connectivity index is 2.22. The van der Waals surface area contributed by atoms with E-state index in [4.69, 9.17) is 0 Å². The minimum atomic E-state index is -0.0362. The first kappa shape index (κ1) is 10.7. The molecule has 0 spiro atoms. The third-order valence-electron chi connectivity index (χ3n) is 2.69. The number of carbonyl (C=O) groups excluding carboxylic acids is 1. The molecule has 2 N–H and O–H groups in total. The zero-order chi connectivity index (χ0) is 11.5. The largest absolute Gasteiger partial charge is 0.350 e. The van der Waals surface area contributed by atoms with Crippen LogP contribution in [0.25, 0.3) is 10.9 Å². The Hall–Kier alpha value is -1.84. The zero-order valence-corrected chi connectivity index (χ0v) is 9.45. The van der Waals surface area contributed by atoms with Gasteiger partial charge in [0.25, 0.3) is 5.91 Å². The number of aromatic amines is 1. The Kier molecular flexibility index (Phi) is 2.90. The molecule has 0 aliphatic rings. The number of aromatic nitrogens is 2. The Morgan fingerprint density at radius 2 is 2.38 bits per heavy atom. The molecule has 1 amide bonds. The topological polar surface area (TPSA) is 57.8 Å². The van der Waals surface area contributed by atoms with Crippen LogP contribution in [-0.4, -0.2) is 22.1 Å². The molecule has 0 unspecified atom stereocenters. The lowest BCUT2D eigenvalue weighted by molar-refractivity contribution is 0.0939. The molecule has 0 fully saturated rings. The van der Waals surface area contributed by atoms with Gasteiger partial charge in [0.2, 0.25) is 0 Å². The molecule has 1 aromatic carbocycles. The maximum atomic E-state index is 11.8. The highest BCUT2D eigenvalue weighted by atomic mass is 16.1. The molecule has 0 saturated carbocycles. The van der Waals surface area contributed by atoms with Gasteiger partial charge in [-0.15, -0.1) is 0 Å². The van der Waals surface area contributed by atoms with Crippen LogP contribution >= 0.6 is 0 Å². The first-order chi connectivity index (χ1) is 7.70. The van der Waals surface area contributed by atoms with Crippen molar-refractivity contribution in [1.29, 1.82) is 0 Å². The lowest BCUT2D eigenvalue weighted by atomic mass is 10.1. The third kappa shape index (κ3) is 2.05. The molecule has 16 heavy (non-hydrogen) atoms. The van der Waals surface area contributed by atoms with Crippen molar-refractivity contribution in [3.8, 4) is 0 Å². The van der Waals surface area contributed by atoms with E-state index in [0.29, 0.717) is 5.56 Å². The summed E-state index contributed by atoms with van der Waals surface area (Å²) in [6.45, 7) is 4.04. The second-order valence-corrected chi connectivity index (χ2v) is 3.95. The number of benzene rings is 1. The minimum absolute atomic E-state index is 0.0362. The van der Waals surface area contributed by atoms with Gasteiger partial charge < -0.3 is 5.32 Å². The van der Waals surface area contributed by atoms with Gasteiger partial charge in [-0.1, -0.05) is 13.0 Å².